The fourth-order valence-corrected chi connectivity index (χ4v) is 1.98. The first-order valence-electron chi connectivity index (χ1n) is 6.19. The molecular formula is C15H12ClNO4. The van der Waals surface area contributed by atoms with Crippen molar-refractivity contribution >= 4 is 23.1 Å². The molecule has 5 nitrogen and oxygen atoms in total. The molecule has 0 bridgehead atoms. The molecule has 0 aliphatic rings. The largest absolute Gasteiger partial charge is 0.475 e. The number of rotatable bonds is 5. The summed E-state index contributed by atoms with van der Waals surface area (Å²) in [6.07, 6.45) is -0.857. The Morgan fingerprint density at radius 1 is 1.24 bits per heavy atom. The number of ketones is 1. The van der Waals surface area contributed by atoms with Crippen LogP contribution in [0.4, 0.5) is 5.69 Å². The van der Waals surface area contributed by atoms with E-state index >= 15 is 0 Å². The highest BCUT2D eigenvalue weighted by Gasteiger charge is 2.22. The molecule has 1 unspecified atom stereocenters. The van der Waals surface area contributed by atoms with Crippen molar-refractivity contribution in [2.75, 3.05) is 0 Å². The van der Waals surface area contributed by atoms with Crippen molar-refractivity contribution in [3.05, 3.63) is 69.2 Å². The highest BCUT2D eigenvalue weighted by molar-refractivity contribution is 6.30. The Morgan fingerprint density at radius 2 is 1.90 bits per heavy atom. The van der Waals surface area contributed by atoms with Gasteiger partial charge in [-0.15, -0.1) is 0 Å². The predicted octanol–water partition coefficient (Wildman–Crippen LogP) is 3.90. The number of carbonyl (C=O) groups excluding carboxylic acids is 1. The minimum Gasteiger partial charge on any atom is -0.475 e. The average Bonchev–Trinajstić information content (AvgIpc) is 2.47. The topological polar surface area (TPSA) is 69.4 Å². The first-order valence-corrected chi connectivity index (χ1v) is 6.56. The molecule has 2 aromatic rings. The summed E-state index contributed by atoms with van der Waals surface area (Å²) in [4.78, 5) is 22.6. The Balaban J connectivity index is 2.24. The first-order chi connectivity index (χ1) is 9.99. The van der Waals surface area contributed by atoms with Crippen LogP contribution in [-0.4, -0.2) is 16.8 Å². The zero-order valence-electron chi connectivity index (χ0n) is 11.2. The number of ether oxygens (including phenoxy) is 1. The van der Waals surface area contributed by atoms with Crippen LogP contribution in [0.5, 0.6) is 5.75 Å². The van der Waals surface area contributed by atoms with Crippen LogP contribution in [0.15, 0.2) is 48.5 Å². The summed E-state index contributed by atoms with van der Waals surface area (Å²) in [6, 6.07) is 12.6. The molecule has 0 N–H and O–H groups in total. The number of carbonyl (C=O) groups is 1. The minimum atomic E-state index is -0.857. The molecule has 0 saturated heterocycles. The van der Waals surface area contributed by atoms with Crippen LogP contribution < -0.4 is 4.74 Å². The second-order valence-electron chi connectivity index (χ2n) is 4.36. The molecule has 1 atom stereocenters. The van der Waals surface area contributed by atoms with E-state index in [1.54, 1.807) is 37.3 Å². The number of nitro benzene ring substituents is 1. The summed E-state index contributed by atoms with van der Waals surface area (Å²) < 4.78 is 5.43. The second kappa shape index (κ2) is 6.37. The standard InChI is InChI=1S/C15H12ClNO4/c1-10(15(18)11-5-3-2-4-6-11)21-14-9-12(16)7-8-13(14)17(19)20/h2-10H,1H3. The maximum atomic E-state index is 12.2. The van der Waals surface area contributed by atoms with Crippen molar-refractivity contribution in [3.63, 3.8) is 0 Å². The van der Waals surface area contributed by atoms with Crippen molar-refractivity contribution < 1.29 is 14.5 Å². The van der Waals surface area contributed by atoms with E-state index in [1.807, 2.05) is 0 Å². The van der Waals surface area contributed by atoms with E-state index in [4.69, 9.17) is 16.3 Å². The Bertz CT molecular complexity index is 673. The number of nitro groups is 1. The van der Waals surface area contributed by atoms with Crippen molar-refractivity contribution in [2.24, 2.45) is 0 Å². The smallest absolute Gasteiger partial charge is 0.311 e. The molecule has 0 aliphatic carbocycles. The molecule has 21 heavy (non-hydrogen) atoms. The van der Waals surface area contributed by atoms with Crippen molar-refractivity contribution in [2.45, 2.75) is 13.0 Å². The summed E-state index contributed by atoms with van der Waals surface area (Å²) in [6.45, 7) is 1.54. The van der Waals surface area contributed by atoms with Gasteiger partial charge < -0.3 is 4.74 Å². The third kappa shape index (κ3) is 3.58. The fraction of sp³-hybridized carbons (Fsp3) is 0.133. The summed E-state index contributed by atoms with van der Waals surface area (Å²) in [5.41, 5.74) is 0.252. The quantitative estimate of drug-likeness (QED) is 0.477. The van der Waals surface area contributed by atoms with Gasteiger partial charge in [0, 0.05) is 22.7 Å². The maximum absolute atomic E-state index is 12.2. The minimum absolute atomic E-state index is 0.0238. The molecule has 0 aliphatic heterocycles. The van der Waals surface area contributed by atoms with Crippen molar-refractivity contribution in [3.8, 4) is 5.75 Å². The van der Waals surface area contributed by atoms with E-state index in [2.05, 4.69) is 0 Å². The Kier molecular flexibility index (Phi) is 4.55. The Hall–Kier alpha value is -2.40. The van der Waals surface area contributed by atoms with E-state index < -0.39 is 11.0 Å². The van der Waals surface area contributed by atoms with Gasteiger partial charge in [-0.25, -0.2) is 0 Å². The van der Waals surface area contributed by atoms with Crippen LogP contribution in [0.25, 0.3) is 0 Å². The third-order valence-corrected chi connectivity index (χ3v) is 3.08. The molecule has 6 heteroatoms. The lowest BCUT2D eigenvalue weighted by atomic mass is 10.1. The molecule has 0 saturated carbocycles. The van der Waals surface area contributed by atoms with Gasteiger partial charge in [-0.05, 0) is 13.0 Å². The first kappa shape index (κ1) is 15.0. The van der Waals surface area contributed by atoms with Crippen LogP contribution in [0.3, 0.4) is 0 Å². The van der Waals surface area contributed by atoms with E-state index in [9.17, 15) is 14.9 Å². The predicted molar refractivity (Wildman–Crippen MR) is 79.0 cm³/mol. The van der Waals surface area contributed by atoms with Gasteiger partial charge in [-0.3, -0.25) is 14.9 Å². The monoisotopic (exact) mass is 305 g/mol. The van der Waals surface area contributed by atoms with Gasteiger partial charge in [0.1, 0.15) is 0 Å². The van der Waals surface area contributed by atoms with Crippen LogP contribution in [0.2, 0.25) is 5.02 Å². The molecule has 0 heterocycles. The highest BCUT2D eigenvalue weighted by Crippen LogP contribution is 2.31. The van der Waals surface area contributed by atoms with E-state index in [0.29, 0.717) is 10.6 Å². The number of hydrogen-bond acceptors (Lipinski definition) is 4. The van der Waals surface area contributed by atoms with Gasteiger partial charge >= 0.3 is 5.69 Å². The molecule has 0 radical (unpaired) electrons. The lowest BCUT2D eigenvalue weighted by Crippen LogP contribution is -2.24. The summed E-state index contributed by atoms with van der Waals surface area (Å²) in [5.74, 6) is -0.283. The molecule has 2 rings (SSSR count). The maximum Gasteiger partial charge on any atom is 0.311 e. The lowest BCUT2D eigenvalue weighted by Gasteiger charge is -2.14. The van der Waals surface area contributed by atoms with Crippen LogP contribution in [-0.2, 0) is 0 Å². The molecule has 2 aromatic carbocycles. The number of halogens is 1. The van der Waals surface area contributed by atoms with E-state index in [0.717, 1.165) is 0 Å². The SMILES string of the molecule is CC(Oc1cc(Cl)ccc1[N+](=O)[O-])C(=O)c1ccccc1. The third-order valence-electron chi connectivity index (χ3n) is 2.85. The second-order valence-corrected chi connectivity index (χ2v) is 4.80. The summed E-state index contributed by atoms with van der Waals surface area (Å²) >= 11 is 5.81. The molecule has 0 aromatic heterocycles. The Labute approximate surface area is 126 Å². The zero-order valence-corrected chi connectivity index (χ0v) is 11.9. The highest BCUT2D eigenvalue weighted by atomic mass is 35.5. The normalized spacial score (nSPS) is 11.7. The number of hydrogen-bond donors (Lipinski definition) is 0. The van der Waals surface area contributed by atoms with Gasteiger partial charge in [0.05, 0.1) is 4.92 Å². The van der Waals surface area contributed by atoms with Crippen LogP contribution in [0.1, 0.15) is 17.3 Å². The fourth-order valence-electron chi connectivity index (χ4n) is 1.81. The van der Waals surface area contributed by atoms with E-state index in [-0.39, 0.29) is 17.2 Å². The number of Topliss-reactive ketones (excluding diaryl/α,β-unsaturated/α-hetero) is 1. The number of benzene rings is 2. The van der Waals surface area contributed by atoms with Gasteiger partial charge in [-0.2, -0.15) is 0 Å². The van der Waals surface area contributed by atoms with Crippen LogP contribution >= 0.6 is 11.6 Å². The Morgan fingerprint density at radius 3 is 2.52 bits per heavy atom. The van der Waals surface area contributed by atoms with Crippen molar-refractivity contribution in [1.29, 1.82) is 0 Å². The van der Waals surface area contributed by atoms with E-state index in [1.165, 1.54) is 18.2 Å². The van der Waals surface area contributed by atoms with Gasteiger partial charge in [0.15, 0.2) is 11.9 Å². The number of nitrogens with zero attached hydrogens (tertiary/aromatic N) is 1. The average molecular weight is 306 g/mol. The lowest BCUT2D eigenvalue weighted by molar-refractivity contribution is -0.386. The van der Waals surface area contributed by atoms with Crippen molar-refractivity contribution in [1.82, 2.24) is 0 Å². The molecule has 0 spiro atoms. The van der Waals surface area contributed by atoms with Crippen LogP contribution in [0, 0.1) is 10.1 Å². The van der Waals surface area contributed by atoms with Gasteiger partial charge in [0.2, 0.25) is 5.78 Å². The summed E-state index contributed by atoms with van der Waals surface area (Å²) in [5, 5.41) is 11.3. The molecule has 0 fully saturated rings. The molecular weight excluding hydrogens is 294 g/mol. The van der Waals surface area contributed by atoms with Gasteiger partial charge in [0.25, 0.3) is 0 Å². The molecule has 108 valence electrons. The van der Waals surface area contributed by atoms with Gasteiger partial charge in [-0.1, -0.05) is 41.9 Å². The summed E-state index contributed by atoms with van der Waals surface area (Å²) in [7, 11) is 0. The zero-order chi connectivity index (χ0) is 15.4. The molecule has 0 amide bonds.